The number of carbonyl (C=O) groups excluding carboxylic acids is 1. The largest absolute Gasteiger partial charge is 0.507 e. The third-order valence-electron chi connectivity index (χ3n) is 4.01. The smallest absolute Gasteiger partial charge is 0.294 e. The number of hydrogen-bond donors (Lipinski definition) is 2. The standard InChI is InChI=1S/C20H21N3O2S/c1-14-11-16(12-15(2)19(14)24)21-22(3)17-9-10-23(13-17)20(25)26-18-7-5-4-6-8-18/h4-13,21,24H,1-3H3. The molecule has 0 amide bonds. The summed E-state index contributed by atoms with van der Waals surface area (Å²) in [7, 11) is 1.88. The maximum Gasteiger partial charge on any atom is 0.294 e. The summed E-state index contributed by atoms with van der Waals surface area (Å²) < 4.78 is 1.57. The van der Waals surface area contributed by atoms with Gasteiger partial charge in [-0.25, -0.2) is 0 Å². The average Bonchev–Trinajstić information content (AvgIpc) is 3.11. The summed E-state index contributed by atoms with van der Waals surface area (Å²) >= 11 is 1.19. The lowest BCUT2D eigenvalue weighted by Crippen LogP contribution is -2.24. The number of aromatic nitrogens is 1. The molecule has 1 heterocycles. The SMILES string of the molecule is Cc1cc(NN(C)c2ccn(C(=O)Sc3ccccc3)c2)cc(C)c1O. The Morgan fingerprint density at radius 1 is 1.12 bits per heavy atom. The molecule has 134 valence electrons. The second-order valence-corrected chi connectivity index (χ2v) is 7.11. The van der Waals surface area contributed by atoms with Gasteiger partial charge in [-0.3, -0.25) is 19.8 Å². The molecule has 0 unspecified atom stereocenters. The van der Waals surface area contributed by atoms with E-state index in [1.165, 1.54) is 11.8 Å². The van der Waals surface area contributed by atoms with Crippen molar-refractivity contribution in [2.45, 2.75) is 18.7 Å². The summed E-state index contributed by atoms with van der Waals surface area (Å²) in [4.78, 5) is 13.3. The molecule has 0 aliphatic rings. The van der Waals surface area contributed by atoms with Crippen LogP contribution in [0.3, 0.4) is 0 Å². The number of nitrogens with zero attached hydrogens (tertiary/aromatic N) is 2. The van der Waals surface area contributed by atoms with Crippen molar-refractivity contribution < 1.29 is 9.90 Å². The van der Waals surface area contributed by atoms with E-state index in [-0.39, 0.29) is 5.24 Å². The molecule has 3 aromatic rings. The van der Waals surface area contributed by atoms with Gasteiger partial charge in [-0.2, -0.15) is 0 Å². The molecule has 0 aliphatic carbocycles. The van der Waals surface area contributed by atoms with Crippen molar-refractivity contribution >= 4 is 28.4 Å². The summed E-state index contributed by atoms with van der Waals surface area (Å²) in [5.41, 5.74) is 6.62. The Balaban J connectivity index is 1.70. The number of rotatable bonds is 4. The molecule has 6 heteroatoms. The van der Waals surface area contributed by atoms with Crippen LogP contribution in [-0.2, 0) is 0 Å². The van der Waals surface area contributed by atoms with Crippen molar-refractivity contribution in [3.8, 4) is 5.75 Å². The normalized spacial score (nSPS) is 10.6. The van der Waals surface area contributed by atoms with Crippen LogP contribution < -0.4 is 10.4 Å². The topological polar surface area (TPSA) is 57.5 Å². The molecule has 0 saturated heterocycles. The Morgan fingerprint density at radius 2 is 1.77 bits per heavy atom. The number of thioether (sulfide) groups is 1. The third kappa shape index (κ3) is 4.03. The maximum absolute atomic E-state index is 12.4. The molecule has 0 bridgehead atoms. The highest BCUT2D eigenvalue weighted by Gasteiger charge is 2.11. The van der Waals surface area contributed by atoms with Crippen molar-refractivity contribution in [2.24, 2.45) is 0 Å². The number of carbonyl (C=O) groups is 1. The molecular formula is C20H21N3O2S. The van der Waals surface area contributed by atoms with E-state index < -0.39 is 0 Å². The molecule has 3 rings (SSSR count). The molecule has 26 heavy (non-hydrogen) atoms. The number of hydrazine groups is 1. The van der Waals surface area contributed by atoms with Gasteiger partial charge in [0, 0.05) is 24.3 Å². The van der Waals surface area contributed by atoms with Crippen LogP contribution in [-0.4, -0.2) is 22.0 Å². The molecule has 2 N–H and O–H groups in total. The zero-order valence-electron chi connectivity index (χ0n) is 14.9. The molecule has 0 atom stereocenters. The van der Waals surface area contributed by atoms with E-state index in [1.54, 1.807) is 17.0 Å². The lowest BCUT2D eigenvalue weighted by molar-refractivity contribution is 0.262. The van der Waals surface area contributed by atoms with E-state index in [1.807, 2.05) is 74.4 Å². The van der Waals surface area contributed by atoms with Gasteiger partial charge in [0.05, 0.1) is 11.4 Å². The minimum absolute atomic E-state index is 0.0628. The van der Waals surface area contributed by atoms with Crippen LogP contribution in [0.1, 0.15) is 11.1 Å². The zero-order valence-corrected chi connectivity index (χ0v) is 15.7. The van der Waals surface area contributed by atoms with Gasteiger partial charge in [0.15, 0.2) is 0 Å². The Kier molecular flexibility index (Phi) is 5.23. The highest BCUT2D eigenvalue weighted by Crippen LogP contribution is 2.27. The predicted molar refractivity (Wildman–Crippen MR) is 107 cm³/mol. The molecule has 0 aliphatic heterocycles. The zero-order chi connectivity index (χ0) is 18.7. The summed E-state index contributed by atoms with van der Waals surface area (Å²) in [5.74, 6) is 0.313. The number of aromatic hydroxyl groups is 1. The first kappa shape index (κ1) is 17.9. The number of hydrogen-bond acceptors (Lipinski definition) is 5. The van der Waals surface area contributed by atoms with Crippen LogP contribution in [0, 0.1) is 13.8 Å². The van der Waals surface area contributed by atoms with Crippen LogP contribution in [0.2, 0.25) is 0 Å². The van der Waals surface area contributed by atoms with E-state index >= 15 is 0 Å². The second-order valence-electron chi connectivity index (χ2n) is 6.09. The first-order chi connectivity index (χ1) is 12.4. The van der Waals surface area contributed by atoms with Crippen LogP contribution in [0.5, 0.6) is 5.75 Å². The van der Waals surface area contributed by atoms with Gasteiger partial charge in [-0.1, -0.05) is 18.2 Å². The van der Waals surface area contributed by atoms with Gasteiger partial charge in [0.25, 0.3) is 5.24 Å². The molecular weight excluding hydrogens is 346 g/mol. The third-order valence-corrected chi connectivity index (χ3v) is 4.90. The van der Waals surface area contributed by atoms with E-state index in [0.29, 0.717) is 5.75 Å². The Labute approximate surface area is 157 Å². The van der Waals surface area contributed by atoms with Gasteiger partial charge in [0.2, 0.25) is 0 Å². The van der Waals surface area contributed by atoms with Crippen LogP contribution in [0.15, 0.2) is 65.8 Å². The van der Waals surface area contributed by atoms with Gasteiger partial charge in [0.1, 0.15) is 5.75 Å². The van der Waals surface area contributed by atoms with Crippen molar-refractivity contribution in [3.05, 3.63) is 72.1 Å². The first-order valence-electron chi connectivity index (χ1n) is 8.20. The number of nitrogens with one attached hydrogen (secondary N) is 1. The molecule has 5 nitrogen and oxygen atoms in total. The van der Waals surface area contributed by atoms with E-state index in [4.69, 9.17) is 0 Å². The minimum Gasteiger partial charge on any atom is -0.507 e. The van der Waals surface area contributed by atoms with E-state index in [0.717, 1.165) is 27.4 Å². The van der Waals surface area contributed by atoms with Crippen LogP contribution in [0.4, 0.5) is 16.2 Å². The quantitative estimate of drug-likeness (QED) is 0.385. The van der Waals surface area contributed by atoms with Gasteiger partial charge >= 0.3 is 0 Å². The Hall–Kier alpha value is -2.86. The van der Waals surface area contributed by atoms with E-state index in [9.17, 15) is 9.90 Å². The Morgan fingerprint density at radius 3 is 2.42 bits per heavy atom. The van der Waals surface area contributed by atoms with Crippen molar-refractivity contribution in [2.75, 3.05) is 17.5 Å². The Bertz CT molecular complexity index is 899. The number of phenolic OH excluding ortho intramolecular Hbond substituents is 1. The van der Waals surface area contributed by atoms with E-state index in [2.05, 4.69) is 5.43 Å². The lowest BCUT2D eigenvalue weighted by atomic mass is 10.1. The fourth-order valence-electron chi connectivity index (χ4n) is 2.62. The highest BCUT2D eigenvalue weighted by molar-refractivity contribution is 8.13. The molecule has 2 aromatic carbocycles. The van der Waals surface area contributed by atoms with Crippen molar-refractivity contribution in [3.63, 3.8) is 0 Å². The summed E-state index contributed by atoms with van der Waals surface area (Å²) in [6.07, 6.45) is 3.53. The van der Waals surface area contributed by atoms with Crippen LogP contribution in [0.25, 0.3) is 0 Å². The fraction of sp³-hybridized carbons (Fsp3) is 0.150. The maximum atomic E-state index is 12.4. The summed E-state index contributed by atoms with van der Waals surface area (Å²) in [6.45, 7) is 3.73. The summed E-state index contributed by atoms with van der Waals surface area (Å²) in [5, 5.41) is 11.7. The monoisotopic (exact) mass is 367 g/mol. The lowest BCUT2D eigenvalue weighted by Gasteiger charge is -2.21. The van der Waals surface area contributed by atoms with Gasteiger partial charge < -0.3 is 5.11 Å². The molecule has 1 aromatic heterocycles. The molecule has 0 spiro atoms. The van der Waals surface area contributed by atoms with Crippen molar-refractivity contribution in [1.29, 1.82) is 0 Å². The number of anilines is 2. The molecule has 0 saturated carbocycles. The second kappa shape index (κ2) is 7.58. The molecule has 0 radical (unpaired) electrons. The van der Waals surface area contributed by atoms with Gasteiger partial charge in [-0.15, -0.1) is 0 Å². The molecule has 0 fully saturated rings. The fourth-order valence-corrected chi connectivity index (χ4v) is 3.33. The number of benzene rings is 2. The van der Waals surface area contributed by atoms with Gasteiger partial charge in [-0.05, 0) is 67.1 Å². The number of phenols is 1. The predicted octanol–water partition coefficient (Wildman–Crippen LogP) is 5.03. The van der Waals surface area contributed by atoms with Crippen molar-refractivity contribution in [1.82, 2.24) is 4.57 Å². The first-order valence-corrected chi connectivity index (χ1v) is 9.01. The summed E-state index contributed by atoms with van der Waals surface area (Å²) in [6, 6.07) is 15.2. The highest BCUT2D eigenvalue weighted by atomic mass is 32.2. The number of aryl methyl sites for hydroxylation is 2. The van der Waals surface area contributed by atoms with Crippen LogP contribution >= 0.6 is 11.8 Å². The minimum atomic E-state index is -0.0628. The average molecular weight is 367 g/mol.